The van der Waals surface area contributed by atoms with Gasteiger partial charge >= 0.3 is 0 Å². The van der Waals surface area contributed by atoms with E-state index >= 15 is 0 Å². The molecule has 2 rings (SSSR count). The molecule has 0 saturated carbocycles. The predicted octanol–water partition coefficient (Wildman–Crippen LogP) is 1.87. The van der Waals surface area contributed by atoms with Crippen molar-refractivity contribution in [1.82, 2.24) is 8.61 Å². The van der Waals surface area contributed by atoms with Crippen LogP contribution in [0.3, 0.4) is 0 Å². The standard InChI is InChI=1S/C15H24N2O4S/c1-16(22(18,19)17-9-5-4-6-10-17)12-13-7-8-14(20-2)15(11-13)21-3/h7-8,11H,4-6,9-10,12H2,1-3H3. The molecule has 0 unspecified atom stereocenters. The second-order valence-corrected chi connectivity index (χ2v) is 7.45. The number of piperidine rings is 1. The Kier molecular flexibility index (Phi) is 5.66. The fraction of sp³-hybridized carbons (Fsp3) is 0.600. The van der Waals surface area contributed by atoms with Crippen LogP contribution in [-0.2, 0) is 16.8 Å². The molecule has 1 aliphatic heterocycles. The van der Waals surface area contributed by atoms with Crippen LogP contribution in [0.15, 0.2) is 18.2 Å². The van der Waals surface area contributed by atoms with Crippen molar-refractivity contribution in [2.24, 2.45) is 0 Å². The van der Waals surface area contributed by atoms with Gasteiger partial charge in [0.1, 0.15) is 0 Å². The van der Waals surface area contributed by atoms with Crippen molar-refractivity contribution in [1.29, 1.82) is 0 Å². The third-order valence-electron chi connectivity index (χ3n) is 3.89. The van der Waals surface area contributed by atoms with Crippen LogP contribution in [-0.4, -0.2) is 51.4 Å². The highest BCUT2D eigenvalue weighted by Crippen LogP contribution is 2.28. The molecule has 22 heavy (non-hydrogen) atoms. The van der Waals surface area contributed by atoms with Gasteiger partial charge in [0.25, 0.3) is 10.2 Å². The number of ether oxygens (including phenoxy) is 2. The van der Waals surface area contributed by atoms with Crippen LogP contribution in [0.2, 0.25) is 0 Å². The summed E-state index contributed by atoms with van der Waals surface area (Å²) in [4.78, 5) is 0. The fourth-order valence-electron chi connectivity index (χ4n) is 2.61. The minimum absolute atomic E-state index is 0.305. The topological polar surface area (TPSA) is 59.1 Å². The van der Waals surface area contributed by atoms with Gasteiger partial charge in [-0.05, 0) is 30.5 Å². The maximum absolute atomic E-state index is 12.6. The van der Waals surface area contributed by atoms with Gasteiger partial charge in [0.15, 0.2) is 11.5 Å². The molecule has 0 N–H and O–H groups in total. The molecular formula is C15H24N2O4S. The van der Waals surface area contributed by atoms with Crippen LogP contribution in [0, 0.1) is 0 Å². The second-order valence-electron chi connectivity index (χ2n) is 5.41. The Morgan fingerprint density at radius 3 is 2.32 bits per heavy atom. The third kappa shape index (κ3) is 3.71. The molecule has 7 heteroatoms. The first-order chi connectivity index (χ1) is 10.5. The first-order valence-corrected chi connectivity index (χ1v) is 8.81. The number of nitrogens with zero attached hydrogens (tertiary/aromatic N) is 2. The molecule has 124 valence electrons. The van der Waals surface area contributed by atoms with Crippen molar-refractivity contribution in [2.75, 3.05) is 34.4 Å². The van der Waals surface area contributed by atoms with Crippen LogP contribution in [0.25, 0.3) is 0 Å². The number of rotatable bonds is 6. The Balaban J connectivity index is 2.12. The Morgan fingerprint density at radius 1 is 1.09 bits per heavy atom. The lowest BCUT2D eigenvalue weighted by Crippen LogP contribution is -2.44. The molecule has 1 heterocycles. The maximum Gasteiger partial charge on any atom is 0.282 e. The molecule has 1 aliphatic rings. The van der Waals surface area contributed by atoms with Crippen molar-refractivity contribution in [3.63, 3.8) is 0 Å². The summed E-state index contributed by atoms with van der Waals surface area (Å²) in [5.41, 5.74) is 0.862. The summed E-state index contributed by atoms with van der Waals surface area (Å²) >= 11 is 0. The van der Waals surface area contributed by atoms with Crippen LogP contribution in [0.4, 0.5) is 0 Å². The molecule has 0 aliphatic carbocycles. The van der Waals surface area contributed by atoms with Crippen LogP contribution >= 0.6 is 0 Å². The van der Waals surface area contributed by atoms with E-state index in [4.69, 9.17) is 9.47 Å². The minimum atomic E-state index is -3.40. The summed E-state index contributed by atoms with van der Waals surface area (Å²) in [6.45, 7) is 1.52. The summed E-state index contributed by atoms with van der Waals surface area (Å²) in [7, 11) is 1.35. The molecule has 0 aromatic heterocycles. The highest BCUT2D eigenvalue weighted by Gasteiger charge is 2.28. The monoisotopic (exact) mass is 328 g/mol. The van der Waals surface area contributed by atoms with Gasteiger partial charge in [0.2, 0.25) is 0 Å². The first kappa shape index (κ1) is 17.1. The van der Waals surface area contributed by atoms with Gasteiger partial charge in [-0.1, -0.05) is 12.5 Å². The predicted molar refractivity (Wildman–Crippen MR) is 85.4 cm³/mol. The summed E-state index contributed by atoms with van der Waals surface area (Å²) in [5.74, 6) is 1.23. The normalized spacial score (nSPS) is 16.7. The van der Waals surface area contributed by atoms with E-state index < -0.39 is 10.2 Å². The van der Waals surface area contributed by atoms with Crippen molar-refractivity contribution in [2.45, 2.75) is 25.8 Å². The molecule has 0 amide bonds. The van der Waals surface area contributed by atoms with Crippen molar-refractivity contribution >= 4 is 10.2 Å². The Hall–Kier alpha value is -1.31. The maximum atomic E-state index is 12.6. The van der Waals surface area contributed by atoms with Gasteiger partial charge in [-0.2, -0.15) is 17.0 Å². The molecule has 1 fully saturated rings. The molecule has 0 atom stereocenters. The summed E-state index contributed by atoms with van der Waals surface area (Å²) in [6, 6.07) is 5.44. The molecule has 0 bridgehead atoms. The van der Waals surface area contributed by atoms with E-state index in [0.29, 0.717) is 31.1 Å². The summed E-state index contributed by atoms with van der Waals surface area (Å²) < 4.78 is 38.5. The van der Waals surface area contributed by atoms with Crippen LogP contribution < -0.4 is 9.47 Å². The number of benzene rings is 1. The van der Waals surface area contributed by atoms with E-state index in [0.717, 1.165) is 24.8 Å². The largest absolute Gasteiger partial charge is 0.493 e. The van der Waals surface area contributed by atoms with Gasteiger partial charge in [-0.15, -0.1) is 0 Å². The zero-order valence-electron chi connectivity index (χ0n) is 13.4. The lowest BCUT2D eigenvalue weighted by atomic mass is 10.2. The molecule has 1 aromatic carbocycles. The Bertz CT molecular complexity index is 598. The lowest BCUT2D eigenvalue weighted by molar-refractivity contribution is 0.313. The average molecular weight is 328 g/mol. The Morgan fingerprint density at radius 2 is 1.73 bits per heavy atom. The van der Waals surface area contributed by atoms with E-state index in [2.05, 4.69) is 0 Å². The van der Waals surface area contributed by atoms with Crippen molar-refractivity contribution in [3.8, 4) is 11.5 Å². The summed E-state index contributed by atoms with van der Waals surface area (Å²) in [6.07, 6.45) is 2.97. The fourth-order valence-corrected chi connectivity index (χ4v) is 4.04. The molecule has 1 saturated heterocycles. The van der Waals surface area contributed by atoms with Crippen LogP contribution in [0.1, 0.15) is 24.8 Å². The van der Waals surface area contributed by atoms with E-state index in [9.17, 15) is 8.42 Å². The van der Waals surface area contributed by atoms with E-state index in [1.165, 1.54) is 4.31 Å². The van der Waals surface area contributed by atoms with E-state index in [1.807, 2.05) is 6.07 Å². The van der Waals surface area contributed by atoms with E-state index in [1.54, 1.807) is 37.7 Å². The quantitative estimate of drug-likeness (QED) is 0.800. The number of hydrogen-bond acceptors (Lipinski definition) is 4. The van der Waals surface area contributed by atoms with Gasteiger partial charge < -0.3 is 9.47 Å². The number of hydrogen-bond donors (Lipinski definition) is 0. The lowest BCUT2D eigenvalue weighted by Gasteiger charge is -2.30. The zero-order chi connectivity index (χ0) is 16.2. The summed E-state index contributed by atoms with van der Waals surface area (Å²) in [5, 5.41) is 0. The zero-order valence-corrected chi connectivity index (χ0v) is 14.2. The molecule has 0 radical (unpaired) electrons. The van der Waals surface area contributed by atoms with Gasteiger partial charge in [-0.3, -0.25) is 0 Å². The highest BCUT2D eigenvalue weighted by molar-refractivity contribution is 7.86. The first-order valence-electron chi connectivity index (χ1n) is 7.41. The molecule has 1 aromatic rings. The molecule has 0 spiro atoms. The third-order valence-corrected chi connectivity index (χ3v) is 5.82. The second kappa shape index (κ2) is 7.30. The highest BCUT2D eigenvalue weighted by atomic mass is 32.2. The van der Waals surface area contributed by atoms with Crippen LogP contribution in [0.5, 0.6) is 11.5 Å². The van der Waals surface area contributed by atoms with Gasteiger partial charge in [0, 0.05) is 26.7 Å². The Labute approximate surface area is 132 Å². The van der Waals surface area contributed by atoms with E-state index in [-0.39, 0.29) is 0 Å². The minimum Gasteiger partial charge on any atom is -0.493 e. The van der Waals surface area contributed by atoms with Crippen molar-refractivity contribution < 1.29 is 17.9 Å². The average Bonchev–Trinajstić information content (AvgIpc) is 2.55. The smallest absolute Gasteiger partial charge is 0.282 e. The molecule has 6 nitrogen and oxygen atoms in total. The van der Waals surface area contributed by atoms with Crippen molar-refractivity contribution in [3.05, 3.63) is 23.8 Å². The van der Waals surface area contributed by atoms with Gasteiger partial charge in [0.05, 0.1) is 14.2 Å². The van der Waals surface area contributed by atoms with Gasteiger partial charge in [-0.25, -0.2) is 0 Å². The SMILES string of the molecule is COc1ccc(CN(C)S(=O)(=O)N2CCCCC2)cc1OC. The number of methoxy groups -OCH3 is 2. The molecular weight excluding hydrogens is 304 g/mol.